The van der Waals surface area contributed by atoms with E-state index < -0.39 is 0 Å². The lowest BCUT2D eigenvalue weighted by Gasteiger charge is -2.27. The molecule has 3 aromatic heterocycles. The minimum absolute atomic E-state index is 0.0645. The highest BCUT2D eigenvalue weighted by Crippen LogP contribution is 2.34. The van der Waals surface area contributed by atoms with Crippen molar-refractivity contribution in [3.8, 4) is 23.5 Å². The van der Waals surface area contributed by atoms with E-state index in [0.717, 1.165) is 20.8 Å². The van der Waals surface area contributed by atoms with Gasteiger partial charge in [-0.2, -0.15) is 0 Å². The van der Waals surface area contributed by atoms with Crippen LogP contribution in [0.4, 0.5) is 16.3 Å². The van der Waals surface area contributed by atoms with Gasteiger partial charge in [-0.25, -0.2) is 19.7 Å². The van der Waals surface area contributed by atoms with Gasteiger partial charge in [0.2, 0.25) is 5.88 Å². The molecule has 204 valence electrons. The molecule has 2 aliphatic rings. The van der Waals surface area contributed by atoms with Crippen LogP contribution in [0.15, 0.2) is 55.0 Å². The molecular weight excluding hydrogens is 552 g/mol. The average molecular weight is 577 g/mol. The Hall–Kier alpha value is -3.95. The van der Waals surface area contributed by atoms with Crippen molar-refractivity contribution in [3.05, 3.63) is 64.9 Å². The monoisotopic (exact) mass is 576 g/mol. The summed E-state index contributed by atoms with van der Waals surface area (Å²) in [5.41, 5.74) is 0.755. The van der Waals surface area contributed by atoms with Gasteiger partial charge in [-0.1, -0.05) is 29.5 Å². The van der Waals surface area contributed by atoms with E-state index >= 15 is 0 Å². The summed E-state index contributed by atoms with van der Waals surface area (Å²) in [5.74, 6) is 8.13. The number of benzene rings is 1. The maximum Gasteiger partial charge on any atom is 0.410 e. The van der Waals surface area contributed by atoms with E-state index in [9.17, 15) is 4.79 Å². The van der Waals surface area contributed by atoms with Gasteiger partial charge in [0.25, 0.3) is 0 Å². The fraction of sp³-hybridized carbons (Fsp3) is 0.286. The molecule has 0 saturated carbocycles. The first-order valence-electron chi connectivity index (χ1n) is 12.8. The highest BCUT2D eigenvalue weighted by atomic mass is 35.5. The molecule has 2 saturated heterocycles. The summed E-state index contributed by atoms with van der Waals surface area (Å²) in [6.07, 6.45) is 3.32. The SMILES string of the molecule is O=C(OC1CNC(C#Cc2cc3c(Nc4ccc(Oc5ccccn5)c(Cl)c4)ncnc3s2)C1)N1CCOCC1. The van der Waals surface area contributed by atoms with Gasteiger partial charge < -0.3 is 24.4 Å². The standard InChI is InChI=1S/C28H25ClN6O4S/c29-23-14-19(5-7-24(23)39-25-3-1-2-8-30-25)34-26-22-15-21(40-27(22)33-17-32-26)6-4-18-13-20(16-31-18)38-28(36)35-9-11-37-12-10-35/h1-3,5,7-8,14-15,17-18,20,31H,9-13,16H2,(H,32,33,34). The first kappa shape index (κ1) is 26.3. The third kappa shape index (κ3) is 6.26. The van der Waals surface area contributed by atoms with Crippen molar-refractivity contribution in [1.29, 1.82) is 0 Å². The Labute approximate surface area is 239 Å². The van der Waals surface area contributed by atoms with Crippen molar-refractivity contribution in [2.75, 3.05) is 38.2 Å². The lowest BCUT2D eigenvalue weighted by atomic mass is 10.2. The molecule has 6 rings (SSSR count). The Kier molecular flexibility index (Phi) is 7.92. The predicted octanol–water partition coefficient (Wildman–Crippen LogP) is 4.83. The van der Waals surface area contributed by atoms with Gasteiger partial charge in [-0.15, -0.1) is 11.3 Å². The van der Waals surface area contributed by atoms with E-state index in [1.54, 1.807) is 29.3 Å². The van der Waals surface area contributed by atoms with Crippen molar-refractivity contribution in [1.82, 2.24) is 25.2 Å². The van der Waals surface area contributed by atoms with Crippen LogP contribution in [0.25, 0.3) is 10.2 Å². The molecule has 2 N–H and O–H groups in total. The van der Waals surface area contributed by atoms with E-state index in [1.165, 1.54) is 17.7 Å². The maximum absolute atomic E-state index is 12.4. The number of rotatable bonds is 5. The second-order valence-corrected chi connectivity index (χ2v) is 10.6. The molecule has 12 heteroatoms. The maximum atomic E-state index is 12.4. The van der Waals surface area contributed by atoms with Gasteiger partial charge in [-0.05, 0) is 30.3 Å². The van der Waals surface area contributed by atoms with Crippen LogP contribution in [0.3, 0.4) is 0 Å². The molecular formula is C28H25ClN6O4S. The second kappa shape index (κ2) is 12.1. The van der Waals surface area contributed by atoms with Crippen LogP contribution in [0.5, 0.6) is 11.6 Å². The summed E-state index contributed by atoms with van der Waals surface area (Å²) in [6.45, 7) is 2.80. The van der Waals surface area contributed by atoms with Gasteiger partial charge in [0, 0.05) is 44.0 Å². The van der Waals surface area contributed by atoms with Gasteiger partial charge >= 0.3 is 6.09 Å². The molecule has 1 aromatic carbocycles. The molecule has 4 aromatic rings. The third-order valence-corrected chi connectivity index (χ3v) is 7.63. The van der Waals surface area contributed by atoms with Crippen LogP contribution in [0.2, 0.25) is 5.02 Å². The van der Waals surface area contributed by atoms with E-state index in [-0.39, 0.29) is 18.2 Å². The molecule has 0 radical (unpaired) electrons. The zero-order valence-corrected chi connectivity index (χ0v) is 22.9. The number of fused-ring (bicyclic) bond motifs is 1. The van der Waals surface area contributed by atoms with Gasteiger partial charge in [-0.3, -0.25) is 5.32 Å². The van der Waals surface area contributed by atoms with Crippen LogP contribution >= 0.6 is 22.9 Å². The van der Waals surface area contributed by atoms with E-state index in [4.69, 9.17) is 25.8 Å². The lowest BCUT2D eigenvalue weighted by Crippen LogP contribution is -2.42. The average Bonchev–Trinajstić information content (AvgIpc) is 3.61. The number of anilines is 2. The van der Waals surface area contributed by atoms with Gasteiger partial charge in [0.1, 0.15) is 28.8 Å². The normalized spacial score (nSPS) is 18.7. The summed E-state index contributed by atoms with van der Waals surface area (Å²) in [6, 6.07) is 12.7. The Balaban J connectivity index is 1.10. The molecule has 2 fully saturated rings. The van der Waals surface area contributed by atoms with Crippen LogP contribution in [0.1, 0.15) is 11.3 Å². The summed E-state index contributed by atoms with van der Waals surface area (Å²) >= 11 is 7.96. The number of pyridine rings is 1. The number of thiophene rings is 1. The molecule has 2 atom stereocenters. The number of halogens is 1. The number of aromatic nitrogens is 3. The van der Waals surface area contributed by atoms with Crippen LogP contribution in [-0.2, 0) is 9.47 Å². The number of ether oxygens (including phenoxy) is 3. The number of nitrogens with zero attached hydrogens (tertiary/aromatic N) is 4. The van der Waals surface area contributed by atoms with Crippen molar-refractivity contribution >= 4 is 50.8 Å². The Morgan fingerprint density at radius 2 is 2.08 bits per heavy atom. The largest absolute Gasteiger partial charge is 0.445 e. The second-order valence-electron chi connectivity index (χ2n) is 9.16. The summed E-state index contributed by atoms with van der Waals surface area (Å²) in [7, 11) is 0. The van der Waals surface area contributed by atoms with Crippen molar-refractivity contribution in [2.45, 2.75) is 18.6 Å². The number of amides is 1. The lowest BCUT2D eigenvalue weighted by molar-refractivity contribution is 0.0156. The number of nitrogens with one attached hydrogen (secondary N) is 2. The molecule has 0 spiro atoms. The third-order valence-electron chi connectivity index (χ3n) is 6.37. The number of hydrogen-bond acceptors (Lipinski definition) is 10. The number of carbonyl (C=O) groups excluding carboxylic acids is 1. The molecule has 0 aliphatic carbocycles. The molecule has 2 unspecified atom stereocenters. The Bertz CT molecular complexity index is 1570. The van der Waals surface area contributed by atoms with Gasteiger partial charge in [0.15, 0.2) is 0 Å². The minimum atomic E-state index is -0.288. The number of morpholine rings is 1. The molecule has 10 nitrogen and oxygen atoms in total. The zero-order chi connectivity index (χ0) is 27.3. The zero-order valence-electron chi connectivity index (χ0n) is 21.3. The van der Waals surface area contributed by atoms with E-state index in [0.29, 0.717) is 61.7 Å². The molecule has 1 amide bonds. The first-order valence-corrected chi connectivity index (χ1v) is 14.0. The highest BCUT2D eigenvalue weighted by Gasteiger charge is 2.28. The fourth-order valence-electron chi connectivity index (χ4n) is 4.36. The van der Waals surface area contributed by atoms with Crippen molar-refractivity contribution < 1.29 is 19.0 Å². The van der Waals surface area contributed by atoms with Gasteiger partial charge in [0.05, 0.1) is 34.5 Å². The minimum Gasteiger partial charge on any atom is -0.445 e. The summed E-state index contributed by atoms with van der Waals surface area (Å²) in [4.78, 5) is 28.7. The van der Waals surface area contributed by atoms with Crippen LogP contribution < -0.4 is 15.4 Å². The fourth-order valence-corrected chi connectivity index (χ4v) is 5.44. The van der Waals surface area contributed by atoms with E-state index in [1.807, 2.05) is 24.3 Å². The number of hydrogen-bond donors (Lipinski definition) is 2. The molecule has 2 aliphatic heterocycles. The Morgan fingerprint density at radius 1 is 1.18 bits per heavy atom. The highest BCUT2D eigenvalue weighted by molar-refractivity contribution is 7.19. The first-order chi connectivity index (χ1) is 19.6. The number of carbonyl (C=O) groups is 1. The summed E-state index contributed by atoms with van der Waals surface area (Å²) < 4.78 is 16.7. The predicted molar refractivity (Wildman–Crippen MR) is 152 cm³/mol. The molecule has 5 heterocycles. The quantitative estimate of drug-likeness (QED) is 0.323. The smallest absolute Gasteiger partial charge is 0.410 e. The summed E-state index contributed by atoms with van der Waals surface area (Å²) in [5, 5.41) is 7.95. The van der Waals surface area contributed by atoms with Crippen molar-refractivity contribution in [2.24, 2.45) is 0 Å². The molecule has 40 heavy (non-hydrogen) atoms. The molecule has 0 bridgehead atoms. The topological polar surface area (TPSA) is 111 Å². The van der Waals surface area contributed by atoms with Crippen molar-refractivity contribution in [3.63, 3.8) is 0 Å². The van der Waals surface area contributed by atoms with E-state index in [2.05, 4.69) is 37.4 Å². The Morgan fingerprint density at radius 3 is 2.90 bits per heavy atom. The van der Waals surface area contributed by atoms with Crippen LogP contribution in [-0.4, -0.2) is 70.9 Å². The van der Waals surface area contributed by atoms with Crippen LogP contribution in [0, 0.1) is 11.8 Å².